The molecule has 0 aliphatic carbocycles. The summed E-state index contributed by atoms with van der Waals surface area (Å²) in [5.41, 5.74) is 0.843. The van der Waals surface area contributed by atoms with Crippen molar-refractivity contribution in [1.82, 2.24) is 0 Å². The fourth-order valence-electron chi connectivity index (χ4n) is 0.803. The van der Waals surface area contributed by atoms with Crippen molar-refractivity contribution < 1.29 is 8.78 Å². The van der Waals surface area contributed by atoms with E-state index in [4.69, 9.17) is 0 Å². The summed E-state index contributed by atoms with van der Waals surface area (Å²) in [5.74, 6) is 5.40. The second kappa shape index (κ2) is 5.10. The van der Waals surface area contributed by atoms with Crippen molar-refractivity contribution in [2.24, 2.45) is 0 Å². The minimum atomic E-state index is -1.68. The van der Waals surface area contributed by atoms with E-state index in [1.54, 1.807) is 0 Å². The lowest BCUT2D eigenvalue weighted by Crippen LogP contribution is -1.70. The fourth-order valence-corrected chi connectivity index (χ4v) is 0.803. The zero-order valence-electron chi connectivity index (χ0n) is 6.93. The van der Waals surface area contributed by atoms with Crippen LogP contribution in [-0.4, -0.2) is 0 Å². The molecule has 1 aromatic rings. The van der Waals surface area contributed by atoms with Gasteiger partial charge in [0.2, 0.25) is 0 Å². The van der Waals surface area contributed by atoms with Crippen molar-refractivity contribution in [1.29, 1.82) is 0 Å². The van der Waals surface area contributed by atoms with Gasteiger partial charge in [-0.05, 0) is 18.2 Å². The van der Waals surface area contributed by atoms with Gasteiger partial charge >= 0.3 is 0 Å². The molecular formula is C11H8F2. The van der Waals surface area contributed by atoms with Crippen molar-refractivity contribution >= 4 is 0 Å². The Morgan fingerprint density at radius 1 is 1.23 bits per heavy atom. The van der Waals surface area contributed by atoms with Gasteiger partial charge in [-0.15, -0.1) is 0 Å². The lowest BCUT2D eigenvalue weighted by atomic mass is 10.2. The monoisotopic (exact) mass is 178 g/mol. The smallest absolute Gasteiger partial charge is 0.174 e. The van der Waals surface area contributed by atoms with Gasteiger partial charge < -0.3 is 0 Å². The van der Waals surface area contributed by atoms with Crippen molar-refractivity contribution in [3.63, 3.8) is 0 Å². The standard InChI is InChI=1S/C11H8F2/c12-11(13)9-5-4-8-10-6-2-1-3-7-10/h1-3,6-7,9H,5H2. The molecule has 2 heteroatoms. The van der Waals surface area contributed by atoms with Crippen LogP contribution in [0.3, 0.4) is 0 Å². The molecule has 0 saturated carbocycles. The third-order valence-corrected chi connectivity index (χ3v) is 1.36. The normalized spacial score (nSPS) is 8.46. The third-order valence-electron chi connectivity index (χ3n) is 1.36. The van der Waals surface area contributed by atoms with Crippen LogP contribution < -0.4 is 0 Å². The van der Waals surface area contributed by atoms with Gasteiger partial charge in [0.05, 0.1) is 0 Å². The molecular weight excluding hydrogens is 170 g/mol. The Morgan fingerprint density at radius 3 is 2.54 bits per heavy atom. The highest BCUT2D eigenvalue weighted by molar-refractivity contribution is 5.33. The molecule has 0 aliphatic heterocycles. The van der Waals surface area contributed by atoms with Crippen LogP contribution in [0, 0.1) is 11.8 Å². The Morgan fingerprint density at radius 2 is 1.92 bits per heavy atom. The van der Waals surface area contributed by atoms with Crippen LogP contribution in [0.5, 0.6) is 0 Å². The summed E-state index contributed by atoms with van der Waals surface area (Å²) in [6.45, 7) is 0. The number of rotatable bonds is 1. The van der Waals surface area contributed by atoms with E-state index >= 15 is 0 Å². The maximum absolute atomic E-state index is 11.6. The number of hydrogen-bond donors (Lipinski definition) is 0. The summed E-state index contributed by atoms with van der Waals surface area (Å²) in [5, 5.41) is 0. The maximum Gasteiger partial charge on any atom is 0.267 e. The first kappa shape index (κ1) is 9.47. The van der Waals surface area contributed by atoms with Gasteiger partial charge in [0.1, 0.15) is 0 Å². The van der Waals surface area contributed by atoms with Crippen LogP contribution in [-0.2, 0) is 0 Å². The van der Waals surface area contributed by atoms with Crippen LogP contribution in [0.4, 0.5) is 8.78 Å². The van der Waals surface area contributed by atoms with Crippen molar-refractivity contribution in [2.45, 2.75) is 6.42 Å². The minimum Gasteiger partial charge on any atom is -0.174 e. The summed E-state index contributed by atoms with van der Waals surface area (Å²) >= 11 is 0. The Bertz CT molecular complexity index is 337. The molecule has 0 radical (unpaired) electrons. The third kappa shape index (κ3) is 4.07. The van der Waals surface area contributed by atoms with Crippen molar-refractivity contribution in [3.8, 4) is 11.8 Å². The fraction of sp³-hybridized carbons (Fsp3) is 0.0909. The largest absolute Gasteiger partial charge is 0.267 e. The predicted octanol–water partition coefficient (Wildman–Crippen LogP) is 3.21. The second-order valence-corrected chi connectivity index (χ2v) is 2.37. The predicted molar refractivity (Wildman–Crippen MR) is 48.2 cm³/mol. The van der Waals surface area contributed by atoms with E-state index in [0.717, 1.165) is 11.6 Å². The second-order valence-electron chi connectivity index (χ2n) is 2.37. The number of hydrogen-bond acceptors (Lipinski definition) is 0. The van der Waals surface area contributed by atoms with E-state index in [1.165, 1.54) is 0 Å². The Labute approximate surface area is 75.9 Å². The van der Waals surface area contributed by atoms with Crippen LogP contribution in [0.25, 0.3) is 0 Å². The summed E-state index contributed by atoms with van der Waals surface area (Å²) in [4.78, 5) is 0. The van der Waals surface area contributed by atoms with Gasteiger partial charge in [0, 0.05) is 12.0 Å². The minimum absolute atomic E-state index is 0.0945. The van der Waals surface area contributed by atoms with E-state index in [-0.39, 0.29) is 6.42 Å². The molecule has 0 unspecified atom stereocenters. The van der Waals surface area contributed by atoms with Crippen LogP contribution >= 0.6 is 0 Å². The summed E-state index contributed by atoms with van der Waals surface area (Å²) in [7, 11) is 0. The van der Waals surface area contributed by atoms with E-state index in [2.05, 4.69) is 11.8 Å². The van der Waals surface area contributed by atoms with Crippen molar-refractivity contribution in [3.05, 3.63) is 48.1 Å². The molecule has 66 valence electrons. The van der Waals surface area contributed by atoms with Crippen LogP contribution in [0.2, 0.25) is 0 Å². The highest BCUT2D eigenvalue weighted by atomic mass is 19.3. The molecule has 0 saturated heterocycles. The van der Waals surface area contributed by atoms with Gasteiger partial charge in [-0.3, -0.25) is 0 Å². The van der Waals surface area contributed by atoms with Crippen LogP contribution in [0.1, 0.15) is 12.0 Å². The molecule has 0 nitrogen and oxygen atoms in total. The lowest BCUT2D eigenvalue weighted by Gasteiger charge is -1.85. The SMILES string of the molecule is FC(F)=CCC#Cc1ccccc1. The van der Waals surface area contributed by atoms with Gasteiger partial charge in [0.15, 0.2) is 0 Å². The summed E-state index contributed by atoms with van der Waals surface area (Å²) in [6.07, 6.45) is -0.782. The van der Waals surface area contributed by atoms with Crippen LogP contribution in [0.15, 0.2) is 42.5 Å². The number of halogens is 2. The first-order chi connectivity index (χ1) is 6.29. The number of allylic oxidation sites excluding steroid dienone is 1. The molecule has 0 amide bonds. The quantitative estimate of drug-likeness (QED) is 0.579. The molecule has 0 N–H and O–H groups in total. The molecule has 1 rings (SSSR count). The first-order valence-corrected chi connectivity index (χ1v) is 3.84. The van der Waals surface area contributed by atoms with E-state index in [1.807, 2.05) is 30.3 Å². The summed E-state index contributed by atoms with van der Waals surface area (Å²) < 4.78 is 23.1. The molecule has 0 heterocycles. The van der Waals surface area contributed by atoms with E-state index in [0.29, 0.717) is 0 Å². The molecule has 1 aromatic carbocycles. The van der Waals surface area contributed by atoms with E-state index in [9.17, 15) is 8.78 Å². The molecule has 0 spiro atoms. The first-order valence-electron chi connectivity index (χ1n) is 3.84. The van der Waals surface area contributed by atoms with Gasteiger partial charge in [-0.25, -0.2) is 0 Å². The topological polar surface area (TPSA) is 0 Å². The average molecular weight is 178 g/mol. The Hall–Kier alpha value is -1.62. The maximum atomic E-state index is 11.6. The molecule has 0 atom stereocenters. The average Bonchev–Trinajstić information content (AvgIpc) is 2.14. The molecule has 13 heavy (non-hydrogen) atoms. The van der Waals surface area contributed by atoms with Gasteiger partial charge in [-0.2, -0.15) is 8.78 Å². The zero-order chi connectivity index (χ0) is 9.52. The zero-order valence-corrected chi connectivity index (χ0v) is 6.93. The summed E-state index contributed by atoms with van der Waals surface area (Å²) in [6, 6.07) is 9.27. The molecule has 0 bridgehead atoms. The highest BCUT2D eigenvalue weighted by Gasteiger charge is 1.83. The van der Waals surface area contributed by atoms with E-state index < -0.39 is 6.08 Å². The van der Waals surface area contributed by atoms with Gasteiger partial charge in [-0.1, -0.05) is 30.0 Å². The number of benzene rings is 1. The molecule has 0 aliphatic rings. The Balaban J connectivity index is 2.54. The molecule has 0 fully saturated rings. The Kier molecular flexibility index (Phi) is 3.72. The van der Waals surface area contributed by atoms with Gasteiger partial charge in [0.25, 0.3) is 6.08 Å². The lowest BCUT2D eigenvalue weighted by molar-refractivity contribution is 0.419. The molecule has 0 aromatic heterocycles. The highest BCUT2D eigenvalue weighted by Crippen LogP contribution is 1.98. The van der Waals surface area contributed by atoms with Crippen molar-refractivity contribution in [2.75, 3.05) is 0 Å².